The number of nitrogens with two attached hydrogens (primary N) is 1. The molecule has 8 heteroatoms. The van der Waals surface area contributed by atoms with Crippen molar-refractivity contribution >= 4 is 22.7 Å². The van der Waals surface area contributed by atoms with Crippen molar-refractivity contribution in [2.75, 3.05) is 0 Å². The van der Waals surface area contributed by atoms with E-state index in [2.05, 4.69) is 4.99 Å². The normalized spacial score (nSPS) is 12.4. The summed E-state index contributed by atoms with van der Waals surface area (Å²) in [7, 11) is 0. The lowest BCUT2D eigenvalue weighted by molar-refractivity contribution is -0.152. The summed E-state index contributed by atoms with van der Waals surface area (Å²) in [6, 6.07) is 15.5. The number of alkyl halides is 3. The van der Waals surface area contributed by atoms with Gasteiger partial charge in [-0.15, -0.1) is 0 Å². The van der Waals surface area contributed by atoms with Crippen LogP contribution in [0.3, 0.4) is 0 Å². The number of aliphatic imine (C=N–C) groups is 1. The van der Waals surface area contributed by atoms with Gasteiger partial charge in [0.1, 0.15) is 11.4 Å². The first-order valence-electron chi connectivity index (χ1n) is 8.45. The average Bonchev–Trinajstić information content (AvgIpc) is 3.35. The summed E-state index contributed by atoms with van der Waals surface area (Å²) in [6.45, 7) is 0. The number of amides is 1. The zero-order valence-corrected chi connectivity index (χ0v) is 14.7. The zero-order valence-electron chi connectivity index (χ0n) is 14.7. The fourth-order valence-corrected chi connectivity index (χ4v) is 2.89. The lowest BCUT2D eigenvalue weighted by Crippen LogP contribution is -2.15. The highest BCUT2D eigenvalue weighted by molar-refractivity contribution is 6.09. The average molecular weight is 398 g/mol. The Morgan fingerprint density at radius 3 is 2.48 bits per heavy atom. The quantitative estimate of drug-likeness (QED) is 0.377. The lowest BCUT2D eigenvalue weighted by Gasteiger charge is -2.05. The minimum atomic E-state index is -4.77. The summed E-state index contributed by atoms with van der Waals surface area (Å²) in [5, 5.41) is 0.747. The molecule has 1 amide bonds. The molecule has 4 aromatic rings. The molecule has 0 atom stereocenters. The van der Waals surface area contributed by atoms with Gasteiger partial charge in [-0.05, 0) is 35.9 Å². The number of hydrogen-bond donors (Lipinski definition) is 1. The minimum Gasteiger partial charge on any atom is -0.464 e. The van der Waals surface area contributed by atoms with Gasteiger partial charge in [0.05, 0.1) is 6.26 Å². The summed E-state index contributed by atoms with van der Waals surface area (Å²) in [5.41, 5.74) is 6.95. The fourth-order valence-electron chi connectivity index (χ4n) is 2.89. The maximum atomic E-state index is 13.4. The van der Waals surface area contributed by atoms with E-state index in [1.165, 1.54) is 18.4 Å². The second-order valence-electron chi connectivity index (χ2n) is 6.19. The topological polar surface area (TPSA) is 81.7 Å². The van der Waals surface area contributed by atoms with Crippen LogP contribution < -0.4 is 5.73 Å². The van der Waals surface area contributed by atoms with Crippen molar-refractivity contribution < 1.29 is 26.8 Å². The van der Waals surface area contributed by atoms with Crippen LogP contribution in [0.1, 0.15) is 21.9 Å². The van der Waals surface area contributed by atoms with Crippen molar-refractivity contribution in [1.29, 1.82) is 0 Å². The molecule has 0 fully saturated rings. The molecule has 0 aliphatic rings. The van der Waals surface area contributed by atoms with Gasteiger partial charge in [-0.25, -0.2) is 0 Å². The van der Waals surface area contributed by atoms with Crippen LogP contribution in [0.2, 0.25) is 0 Å². The van der Waals surface area contributed by atoms with Gasteiger partial charge in [0.15, 0.2) is 5.76 Å². The van der Waals surface area contributed by atoms with Crippen molar-refractivity contribution in [2.45, 2.75) is 6.18 Å². The molecule has 0 radical (unpaired) electrons. The number of carbonyl (C=O) groups is 1. The number of hydrogen-bond acceptors (Lipinski definition) is 3. The Morgan fingerprint density at radius 2 is 1.76 bits per heavy atom. The molecule has 2 heterocycles. The number of furan rings is 2. The van der Waals surface area contributed by atoms with Gasteiger partial charge < -0.3 is 14.6 Å². The van der Waals surface area contributed by atoms with E-state index in [9.17, 15) is 18.0 Å². The van der Waals surface area contributed by atoms with Gasteiger partial charge in [-0.1, -0.05) is 30.3 Å². The molecule has 29 heavy (non-hydrogen) atoms. The third-order valence-corrected chi connectivity index (χ3v) is 4.26. The van der Waals surface area contributed by atoms with Crippen LogP contribution in [0.5, 0.6) is 0 Å². The Kier molecular flexibility index (Phi) is 4.46. The van der Waals surface area contributed by atoms with E-state index in [1.807, 2.05) is 0 Å². The molecule has 2 N–H and O–H groups in total. The Bertz CT molecular complexity index is 1220. The van der Waals surface area contributed by atoms with E-state index < -0.39 is 23.6 Å². The number of benzene rings is 2. The van der Waals surface area contributed by atoms with Crippen LogP contribution in [0.4, 0.5) is 13.2 Å². The largest absolute Gasteiger partial charge is 0.464 e. The first-order chi connectivity index (χ1) is 13.8. The van der Waals surface area contributed by atoms with Crippen molar-refractivity contribution in [3.8, 4) is 11.1 Å². The van der Waals surface area contributed by atoms with E-state index in [1.54, 1.807) is 42.5 Å². The van der Waals surface area contributed by atoms with Crippen LogP contribution in [0, 0.1) is 0 Å². The third-order valence-electron chi connectivity index (χ3n) is 4.26. The summed E-state index contributed by atoms with van der Waals surface area (Å²) < 4.78 is 50.2. The molecule has 0 saturated heterocycles. The van der Waals surface area contributed by atoms with E-state index in [0.29, 0.717) is 11.1 Å². The molecule has 0 aliphatic carbocycles. The Balaban J connectivity index is 1.71. The van der Waals surface area contributed by atoms with Crippen LogP contribution >= 0.6 is 0 Å². The smallest absolute Gasteiger partial charge is 0.450 e. The summed E-state index contributed by atoms with van der Waals surface area (Å²) in [6.07, 6.45) is -3.27. The predicted molar refractivity (Wildman–Crippen MR) is 100 cm³/mol. The number of amidine groups is 1. The highest BCUT2D eigenvalue weighted by atomic mass is 19.4. The second kappa shape index (κ2) is 6.97. The summed E-state index contributed by atoms with van der Waals surface area (Å²) in [4.78, 5) is 16.1. The molecule has 0 unspecified atom stereocenters. The SMILES string of the molecule is NC(=NC(=O)c1cc(-c2ccccc2)c(C(F)(F)F)o1)c1ccc2occc2c1. The zero-order chi connectivity index (χ0) is 20.6. The monoisotopic (exact) mass is 398 g/mol. The number of carbonyl (C=O) groups excluding carboxylic acids is 1. The van der Waals surface area contributed by atoms with Gasteiger partial charge >= 0.3 is 12.1 Å². The Hall–Kier alpha value is -3.81. The molecule has 0 saturated carbocycles. The third kappa shape index (κ3) is 3.64. The number of fused-ring (bicyclic) bond motifs is 1. The molecule has 5 nitrogen and oxygen atoms in total. The van der Waals surface area contributed by atoms with Gasteiger partial charge in [-0.2, -0.15) is 18.2 Å². The molecule has 0 bridgehead atoms. The Morgan fingerprint density at radius 1 is 1.00 bits per heavy atom. The van der Waals surface area contributed by atoms with Crippen LogP contribution in [0.15, 0.2) is 80.8 Å². The number of halogens is 3. The van der Waals surface area contributed by atoms with E-state index >= 15 is 0 Å². The number of rotatable bonds is 3. The van der Waals surface area contributed by atoms with Crippen LogP contribution in [-0.4, -0.2) is 11.7 Å². The van der Waals surface area contributed by atoms with Gasteiger partial charge in [-0.3, -0.25) is 4.79 Å². The molecule has 2 aromatic carbocycles. The molecule has 2 aromatic heterocycles. The highest BCUT2D eigenvalue weighted by Crippen LogP contribution is 2.39. The first-order valence-corrected chi connectivity index (χ1v) is 8.45. The van der Waals surface area contributed by atoms with Gasteiger partial charge in [0.2, 0.25) is 5.76 Å². The molecular weight excluding hydrogens is 385 g/mol. The molecule has 0 aliphatic heterocycles. The van der Waals surface area contributed by atoms with E-state index in [-0.39, 0.29) is 17.0 Å². The molecular formula is C21H13F3N2O3. The minimum absolute atomic E-state index is 0.149. The molecule has 4 rings (SSSR count). The van der Waals surface area contributed by atoms with Gasteiger partial charge in [0, 0.05) is 16.5 Å². The maximum Gasteiger partial charge on any atom is 0.450 e. The Labute approximate surface area is 162 Å². The molecule has 0 spiro atoms. The van der Waals surface area contributed by atoms with E-state index in [4.69, 9.17) is 14.6 Å². The molecule has 146 valence electrons. The predicted octanol–water partition coefficient (Wildman–Crippen LogP) is 5.26. The van der Waals surface area contributed by atoms with Crippen molar-refractivity contribution in [3.63, 3.8) is 0 Å². The van der Waals surface area contributed by atoms with Crippen molar-refractivity contribution in [3.05, 3.63) is 84.0 Å². The van der Waals surface area contributed by atoms with Crippen LogP contribution in [-0.2, 0) is 6.18 Å². The lowest BCUT2D eigenvalue weighted by atomic mass is 10.1. The van der Waals surface area contributed by atoms with Gasteiger partial charge in [0.25, 0.3) is 0 Å². The fraction of sp³-hybridized carbons (Fsp3) is 0.0476. The first kappa shape index (κ1) is 18.5. The highest BCUT2D eigenvalue weighted by Gasteiger charge is 2.39. The van der Waals surface area contributed by atoms with Crippen molar-refractivity contribution in [2.24, 2.45) is 10.7 Å². The maximum absolute atomic E-state index is 13.4. The standard InChI is InChI=1S/C21H13F3N2O3/c22-21(23,24)18-15(12-4-2-1-3-5-12)11-17(29-18)20(27)26-19(25)14-6-7-16-13(10-14)8-9-28-16/h1-11H,(H2,25,26,27). The van der Waals surface area contributed by atoms with E-state index in [0.717, 1.165) is 11.5 Å². The summed E-state index contributed by atoms with van der Waals surface area (Å²) in [5.74, 6) is -2.98. The summed E-state index contributed by atoms with van der Waals surface area (Å²) >= 11 is 0. The van der Waals surface area contributed by atoms with Crippen LogP contribution in [0.25, 0.3) is 22.1 Å². The number of nitrogens with zero attached hydrogens (tertiary/aromatic N) is 1. The van der Waals surface area contributed by atoms with Crippen molar-refractivity contribution in [1.82, 2.24) is 0 Å². The second-order valence-corrected chi connectivity index (χ2v) is 6.19.